The minimum atomic E-state index is -1.09. The number of fused-ring (bicyclic) bond motifs is 1. The second-order valence-corrected chi connectivity index (χ2v) is 5.40. The first-order valence-electron chi connectivity index (χ1n) is 7.24. The monoisotopic (exact) mass is 330 g/mol. The first-order chi connectivity index (χ1) is 11.4. The number of nitrogens with zero attached hydrogens (tertiary/aromatic N) is 2. The molecule has 0 bridgehead atoms. The molecule has 0 aliphatic rings. The second-order valence-electron chi connectivity index (χ2n) is 5.40. The molecule has 0 atom stereocenters. The van der Waals surface area contributed by atoms with Crippen molar-refractivity contribution in [3.63, 3.8) is 0 Å². The number of ether oxygens (including phenoxy) is 1. The van der Waals surface area contributed by atoms with Crippen LogP contribution < -0.4 is 10.1 Å². The zero-order chi connectivity index (χ0) is 17.3. The average molecular weight is 330 g/mol. The van der Waals surface area contributed by atoms with E-state index in [1.807, 2.05) is 13.8 Å². The molecule has 2 heterocycles. The maximum atomic E-state index is 13.5. The fourth-order valence-corrected chi connectivity index (χ4v) is 2.23. The second kappa shape index (κ2) is 6.15. The summed E-state index contributed by atoms with van der Waals surface area (Å²) in [6.07, 6.45) is 1.18. The highest BCUT2D eigenvalue weighted by Crippen LogP contribution is 2.31. The maximum Gasteiger partial charge on any atom is 0.352 e. The third kappa shape index (κ3) is 3.12. The van der Waals surface area contributed by atoms with E-state index in [-0.39, 0.29) is 11.8 Å². The van der Waals surface area contributed by atoms with Crippen molar-refractivity contribution in [3.05, 3.63) is 42.1 Å². The Labute approximate surface area is 136 Å². The predicted octanol–water partition coefficient (Wildman–Crippen LogP) is 3.33. The molecule has 7 nitrogen and oxygen atoms in total. The zero-order valence-corrected chi connectivity index (χ0v) is 13.0. The minimum Gasteiger partial charge on any atom is -0.489 e. The molecule has 24 heavy (non-hydrogen) atoms. The number of nitrogens with one attached hydrogen (secondary N) is 2. The number of carboxylic acid groups (broad SMARTS) is 1. The third-order valence-corrected chi connectivity index (χ3v) is 3.21. The summed E-state index contributed by atoms with van der Waals surface area (Å²) in [5.74, 6) is -0.809. The summed E-state index contributed by atoms with van der Waals surface area (Å²) in [5.41, 5.74) is 1.41. The summed E-state index contributed by atoms with van der Waals surface area (Å²) >= 11 is 0. The van der Waals surface area contributed by atoms with Crippen molar-refractivity contribution in [2.75, 3.05) is 5.32 Å². The van der Waals surface area contributed by atoms with E-state index in [0.717, 1.165) is 0 Å². The van der Waals surface area contributed by atoms with E-state index < -0.39 is 11.8 Å². The number of aromatic amines is 1. The Kier molecular flexibility index (Phi) is 4.03. The van der Waals surface area contributed by atoms with Gasteiger partial charge in [0.1, 0.15) is 29.1 Å². The smallest absolute Gasteiger partial charge is 0.352 e. The molecule has 0 aliphatic heterocycles. The number of aromatic nitrogens is 3. The first-order valence-corrected chi connectivity index (χ1v) is 7.24. The molecule has 124 valence electrons. The van der Waals surface area contributed by atoms with Gasteiger partial charge in [0, 0.05) is 6.07 Å². The van der Waals surface area contributed by atoms with Gasteiger partial charge in [-0.25, -0.2) is 19.2 Å². The Hall–Kier alpha value is -3.16. The number of H-pyrrole nitrogens is 1. The van der Waals surface area contributed by atoms with Crippen LogP contribution in [-0.2, 0) is 0 Å². The Morgan fingerprint density at radius 3 is 2.83 bits per heavy atom. The topological polar surface area (TPSA) is 100 Å². The SMILES string of the molecule is CC(C)Oc1cc(F)ccc1Nc1ncnc2cc(C(=O)O)[nH]c12. The summed E-state index contributed by atoms with van der Waals surface area (Å²) in [6, 6.07) is 5.52. The van der Waals surface area contributed by atoms with Crippen LogP contribution in [0.4, 0.5) is 15.9 Å². The lowest BCUT2D eigenvalue weighted by Crippen LogP contribution is -2.08. The van der Waals surface area contributed by atoms with Gasteiger partial charge in [0.25, 0.3) is 0 Å². The maximum absolute atomic E-state index is 13.5. The largest absolute Gasteiger partial charge is 0.489 e. The van der Waals surface area contributed by atoms with E-state index in [0.29, 0.717) is 28.3 Å². The van der Waals surface area contributed by atoms with Crippen molar-refractivity contribution in [1.29, 1.82) is 0 Å². The van der Waals surface area contributed by atoms with Gasteiger partial charge in [-0.2, -0.15) is 0 Å². The average Bonchev–Trinajstić information content (AvgIpc) is 2.95. The Bertz CT molecular complexity index is 907. The number of carbonyl (C=O) groups is 1. The predicted molar refractivity (Wildman–Crippen MR) is 86.3 cm³/mol. The highest BCUT2D eigenvalue weighted by Gasteiger charge is 2.14. The van der Waals surface area contributed by atoms with Crippen molar-refractivity contribution >= 4 is 28.5 Å². The Balaban J connectivity index is 2.02. The number of hydrogen-bond acceptors (Lipinski definition) is 5. The summed E-state index contributed by atoms with van der Waals surface area (Å²) in [5, 5.41) is 12.1. The summed E-state index contributed by atoms with van der Waals surface area (Å²) in [6.45, 7) is 3.67. The van der Waals surface area contributed by atoms with Gasteiger partial charge in [-0.05, 0) is 32.0 Å². The zero-order valence-electron chi connectivity index (χ0n) is 13.0. The molecule has 0 aliphatic carbocycles. The van der Waals surface area contributed by atoms with Crippen LogP contribution in [0, 0.1) is 5.82 Å². The van der Waals surface area contributed by atoms with Crippen molar-refractivity contribution < 1.29 is 19.0 Å². The van der Waals surface area contributed by atoms with Crippen LogP contribution in [0.3, 0.4) is 0 Å². The van der Waals surface area contributed by atoms with Crippen molar-refractivity contribution in [2.45, 2.75) is 20.0 Å². The summed E-state index contributed by atoms with van der Waals surface area (Å²) in [7, 11) is 0. The Morgan fingerprint density at radius 2 is 2.12 bits per heavy atom. The molecule has 2 aromatic heterocycles. The van der Waals surface area contributed by atoms with Gasteiger partial charge in [-0.3, -0.25) is 0 Å². The lowest BCUT2D eigenvalue weighted by molar-refractivity contribution is 0.0691. The number of hydrogen-bond donors (Lipinski definition) is 3. The molecule has 3 aromatic rings. The number of carboxylic acids is 1. The molecule has 8 heteroatoms. The molecule has 0 saturated carbocycles. The van der Waals surface area contributed by atoms with Gasteiger partial charge in [-0.1, -0.05) is 0 Å². The van der Waals surface area contributed by atoms with Crippen molar-refractivity contribution in [1.82, 2.24) is 15.0 Å². The standard InChI is InChI=1S/C16H15FN4O3/c1-8(2)24-13-5-9(17)3-4-10(13)21-15-14-11(18-7-19-15)6-12(20-14)16(22)23/h3-8,20H,1-2H3,(H,22,23)(H,18,19,21). The molecule has 3 rings (SSSR count). The van der Waals surface area contributed by atoms with Crippen molar-refractivity contribution in [2.24, 2.45) is 0 Å². The molecule has 0 fully saturated rings. The Morgan fingerprint density at radius 1 is 1.33 bits per heavy atom. The van der Waals surface area contributed by atoms with Crippen molar-refractivity contribution in [3.8, 4) is 5.75 Å². The van der Waals surface area contributed by atoms with E-state index >= 15 is 0 Å². The molecule has 0 spiro atoms. The summed E-state index contributed by atoms with van der Waals surface area (Å²) in [4.78, 5) is 22.0. The minimum absolute atomic E-state index is 0.00584. The van der Waals surface area contributed by atoms with E-state index in [2.05, 4.69) is 20.3 Å². The molecule has 0 saturated heterocycles. The lowest BCUT2D eigenvalue weighted by Gasteiger charge is -2.15. The number of benzene rings is 1. The van der Waals surface area contributed by atoms with Crippen LogP contribution in [0.15, 0.2) is 30.6 Å². The van der Waals surface area contributed by atoms with Gasteiger partial charge in [0.2, 0.25) is 0 Å². The van der Waals surface area contributed by atoms with Crippen LogP contribution >= 0.6 is 0 Å². The van der Waals surface area contributed by atoms with Crippen LogP contribution in [0.25, 0.3) is 11.0 Å². The van der Waals surface area contributed by atoms with E-state index in [1.165, 1.54) is 30.6 Å². The normalized spacial score (nSPS) is 11.0. The van der Waals surface area contributed by atoms with Gasteiger partial charge >= 0.3 is 5.97 Å². The molecule has 3 N–H and O–H groups in total. The van der Waals surface area contributed by atoms with Crippen LogP contribution in [0.5, 0.6) is 5.75 Å². The number of rotatable bonds is 5. The number of halogens is 1. The molecular formula is C16H15FN4O3. The van der Waals surface area contributed by atoms with E-state index in [9.17, 15) is 9.18 Å². The van der Waals surface area contributed by atoms with E-state index in [1.54, 1.807) is 0 Å². The molecule has 1 aromatic carbocycles. The summed E-state index contributed by atoms with van der Waals surface area (Å²) < 4.78 is 19.1. The fourth-order valence-electron chi connectivity index (χ4n) is 2.23. The lowest BCUT2D eigenvalue weighted by atomic mass is 10.2. The first kappa shape index (κ1) is 15.7. The molecule has 0 amide bonds. The highest BCUT2D eigenvalue weighted by atomic mass is 19.1. The third-order valence-electron chi connectivity index (χ3n) is 3.21. The van der Waals surface area contributed by atoms with Crippen LogP contribution in [-0.4, -0.2) is 32.1 Å². The van der Waals surface area contributed by atoms with Gasteiger partial charge < -0.3 is 20.1 Å². The van der Waals surface area contributed by atoms with Crippen LogP contribution in [0.1, 0.15) is 24.3 Å². The molecule has 0 unspecified atom stereocenters. The number of anilines is 2. The number of aromatic carboxylic acids is 1. The molecular weight excluding hydrogens is 315 g/mol. The highest BCUT2D eigenvalue weighted by molar-refractivity contribution is 5.96. The quantitative estimate of drug-likeness (QED) is 0.663. The van der Waals surface area contributed by atoms with Gasteiger partial charge in [0.15, 0.2) is 5.82 Å². The molecule has 0 radical (unpaired) electrons. The van der Waals surface area contributed by atoms with Crippen LogP contribution in [0.2, 0.25) is 0 Å². The fraction of sp³-hybridized carbons (Fsp3) is 0.188. The van der Waals surface area contributed by atoms with E-state index in [4.69, 9.17) is 9.84 Å². The van der Waals surface area contributed by atoms with Gasteiger partial charge in [0.05, 0.1) is 17.3 Å². The van der Waals surface area contributed by atoms with Gasteiger partial charge in [-0.15, -0.1) is 0 Å².